The molecule has 0 spiro atoms. The summed E-state index contributed by atoms with van der Waals surface area (Å²) in [5, 5.41) is 1.07. The van der Waals surface area contributed by atoms with Crippen molar-refractivity contribution in [3.8, 4) is 17.2 Å². The van der Waals surface area contributed by atoms with Gasteiger partial charge in [0.1, 0.15) is 28.9 Å². The number of aliphatic imine (C=N–C) groups is 1. The average Bonchev–Trinajstić information content (AvgIpc) is 3.11. The van der Waals surface area contributed by atoms with Crippen LogP contribution in [0, 0.1) is 6.92 Å². The third kappa shape index (κ3) is 5.64. The van der Waals surface area contributed by atoms with Crippen LogP contribution in [0.5, 0.6) is 17.2 Å². The first-order valence-electron chi connectivity index (χ1n) is 7.93. The van der Waals surface area contributed by atoms with Crippen molar-refractivity contribution in [2.45, 2.75) is 20.8 Å². The maximum atomic E-state index is 5.83. The van der Waals surface area contributed by atoms with Crippen molar-refractivity contribution in [2.75, 3.05) is 18.9 Å². The molecule has 0 radical (unpaired) electrons. The van der Waals surface area contributed by atoms with Gasteiger partial charge < -0.3 is 9.47 Å². The lowest BCUT2D eigenvalue weighted by Gasteiger charge is -2.09. The van der Waals surface area contributed by atoms with Crippen LogP contribution >= 0.6 is 11.8 Å². The Morgan fingerprint density at radius 1 is 1.00 bits per heavy atom. The maximum Gasteiger partial charge on any atom is 0.136 e. The Balaban J connectivity index is 0.000000924. The van der Waals surface area contributed by atoms with Crippen LogP contribution in [0.3, 0.4) is 0 Å². The minimum absolute atomic E-state index is 0.540. The zero-order chi connectivity index (χ0) is 16.5. The van der Waals surface area contributed by atoms with Crippen LogP contribution < -0.4 is 9.47 Å². The summed E-state index contributed by atoms with van der Waals surface area (Å²) in [5.74, 6) is 3.47. The molecule has 0 aromatic heterocycles. The zero-order valence-corrected chi connectivity index (χ0v) is 14.7. The van der Waals surface area contributed by atoms with Gasteiger partial charge in [0.15, 0.2) is 0 Å². The second kappa shape index (κ2) is 9.26. The van der Waals surface area contributed by atoms with E-state index in [1.165, 1.54) is 5.56 Å². The van der Waals surface area contributed by atoms with E-state index in [4.69, 9.17) is 9.47 Å². The van der Waals surface area contributed by atoms with Crippen molar-refractivity contribution in [3.63, 3.8) is 0 Å². The van der Waals surface area contributed by atoms with Gasteiger partial charge in [0.05, 0.1) is 0 Å². The molecule has 1 aliphatic rings. The van der Waals surface area contributed by atoms with E-state index in [9.17, 15) is 0 Å². The number of thioether (sulfide) groups is 1. The van der Waals surface area contributed by atoms with E-state index in [2.05, 4.69) is 11.9 Å². The molecule has 0 aliphatic carbocycles. The Bertz CT molecular complexity index is 638. The Morgan fingerprint density at radius 3 is 2.43 bits per heavy atom. The summed E-state index contributed by atoms with van der Waals surface area (Å²) in [7, 11) is 0. The molecule has 0 atom stereocenters. The molecule has 0 bridgehead atoms. The molecule has 3 nitrogen and oxygen atoms in total. The van der Waals surface area contributed by atoms with E-state index in [0.29, 0.717) is 6.61 Å². The van der Waals surface area contributed by atoms with Crippen LogP contribution in [-0.2, 0) is 0 Å². The topological polar surface area (TPSA) is 30.8 Å². The van der Waals surface area contributed by atoms with Gasteiger partial charge in [-0.05, 0) is 31.2 Å². The molecular formula is C19H23NO2S. The first-order valence-corrected chi connectivity index (χ1v) is 8.92. The molecule has 0 unspecified atom stereocenters. The summed E-state index contributed by atoms with van der Waals surface area (Å²) < 4.78 is 11.6. The second-order valence-corrected chi connectivity index (χ2v) is 5.97. The van der Waals surface area contributed by atoms with Crippen molar-refractivity contribution in [3.05, 3.63) is 54.1 Å². The Hall–Kier alpha value is -1.94. The highest BCUT2D eigenvalue weighted by Crippen LogP contribution is 2.25. The van der Waals surface area contributed by atoms with Gasteiger partial charge in [-0.3, -0.25) is 4.99 Å². The number of nitrogens with zero attached hydrogens (tertiary/aromatic N) is 1. The summed E-state index contributed by atoms with van der Waals surface area (Å²) in [4.78, 5) is 4.37. The maximum absolute atomic E-state index is 5.83. The second-order valence-electron chi connectivity index (χ2n) is 4.80. The number of hydrogen-bond acceptors (Lipinski definition) is 4. The molecule has 1 heterocycles. The lowest BCUT2D eigenvalue weighted by molar-refractivity contribution is 0.375. The van der Waals surface area contributed by atoms with E-state index in [-0.39, 0.29) is 0 Å². The fourth-order valence-corrected chi connectivity index (χ4v) is 2.72. The zero-order valence-electron chi connectivity index (χ0n) is 13.9. The van der Waals surface area contributed by atoms with Crippen molar-refractivity contribution in [2.24, 2.45) is 4.99 Å². The van der Waals surface area contributed by atoms with E-state index >= 15 is 0 Å². The minimum Gasteiger partial charge on any atom is -0.487 e. The molecule has 122 valence electrons. The molecule has 1 aliphatic heterocycles. The van der Waals surface area contributed by atoms with Crippen molar-refractivity contribution in [1.82, 2.24) is 0 Å². The minimum atomic E-state index is 0.540. The highest BCUT2D eigenvalue weighted by molar-refractivity contribution is 8.14. The van der Waals surface area contributed by atoms with Crippen LogP contribution in [-0.4, -0.2) is 23.9 Å². The SMILES string of the molecule is CC.Cc1ccc(Oc2cccc(OCC3=NCCS3)c2)cc1. The van der Waals surface area contributed by atoms with Crippen LogP contribution in [0.15, 0.2) is 53.5 Å². The molecule has 2 aromatic rings. The largest absolute Gasteiger partial charge is 0.487 e. The summed E-state index contributed by atoms with van der Waals surface area (Å²) in [5.41, 5.74) is 1.22. The first kappa shape index (κ1) is 17.4. The van der Waals surface area contributed by atoms with Gasteiger partial charge in [0.25, 0.3) is 0 Å². The van der Waals surface area contributed by atoms with E-state index in [1.54, 1.807) is 11.8 Å². The molecule has 0 saturated heterocycles. The molecule has 0 fully saturated rings. The van der Waals surface area contributed by atoms with Gasteiger partial charge in [0.2, 0.25) is 0 Å². The van der Waals surface area contributed by atoms with Gasteiger partial charge in [-0.1, -0.05) is 37.6 Å². The highest BCUT2D eigenvalue weighted by Gasteiger charge is 2.08. The van der Waals surface area contributed by atoms with Crippen molar-refractivity contribution < 1.29 is 9.47 Å². The van der Waals surface area contributed by atoms with Gasteiger partial charge >= 0.3 is 0 Å². The van der Waals surface area contributed by atoms with Gasteiger partial charge in [-0.2, -0.15) is 0 Å². The van der Waals surface area contributed by atoms with Gasteiger partial charge in [-0.25, -0.2) is 0 Å². The first-order chi connectivity index (χ1) is 11.3. The normalized spacial score (nSPS) is 12.9. The number of rotatable bonds is 5. The van der Waals surface area contributed by atoms with E-state index in [1.807, 2.05) is 62.4 Å². The third-order valence-corrected chi connectivity index (χ3v) is 4.04. The molecule has 0 N–H and O–H groups in total. The van der Waals surface area contributed by atoms with E-state index in [0.717, 1.165) is 34.6 Å². The Kier molecular flexibility index (Phi) is 7.01. The number of ether oxygens (including phenoxy) is 2. The predicted octanol–water partition coefficient (Wildman–Crippen LogP) is 5.34. The number of aryl methyl sites for hydroxylation is 1. The smallest absolute Gasteiger partial charge is 0.136 e. The fraction of sp³-hybridized carbons (Fsp3) is 0.316. The van der Waals surface area contributed by atoms with E-state index < -0.39 is 0 Å². The summed E-state index contributed by atoms with van der Waals surface area (Å²) in [6.07, 6.45) is 0. The standard InChI is InChI=1S/C17H17NO2S.C2H6/c1-13-5-7-14(8-6-13)20-16-4-2-3-15(11-16)19-12-17-18-9-10-21-17;1-2/h2-8,11H,9-10,12H2,1H3;1-2H3. The molecular weight excluding hydrogens is 306 g/mol. The molecule has 0 saturated carbocycles. The monoisotopic (exact) mass is 329 g/mol. The van der Waals surface area contributed by atoms with Crippen LogP contribution in [0.2, 0.25) is 0 Å². The molecule has 2 aromatic carbocycles. The predicted molar refractivity (Wildman–Crippen MR) is 99.3 cm³/mol. The summed E-state index contributed by atoms with van der Waals surface area (Å²) >= 11 is 1.76. The number of hydrogen-bond donors (Lipinski definition) is 0. The van der Waals surface area contributed by atoms with Crippen LogP contribution in [0.25, 0.3) is 0 Å². The van der Waals surface area contributed by atoms with Gasteiger partial charge in [-0.15, -0.1) is 11.8 Å². The summed E-state index contributed by atoms with van der Waals surface area (Å²) in [6.45, 7) is 7.50. The average molecular weight is 329 g/mol. The lowest BCUT2D eigenvalue weighted by atomic mass is 10.2. The lowest BCUT2D eigenvalue weighted by Crippen LogP contribution is -2.05. The van der Waals surface area contributed by atoms with Crippen molar-refractivity contribution >= 4 is 16.8 Å². The van der Waals surface area contributed by atoms with Crippen molar-refractivity contribution in [1.29, 1.82) is 0 Å². The fourth-order valence-electron chi connectivity index (χ4n) is 1.98. The van der Waals surface area contributed by atoms with Crippen LogP contribution in [0.1, 0.15) is 19.4 Å². The molecule has 3 rings (SSSR count). The number of benzene rings is 2. The Labute approximate surface area is 142 Å². The molecule has 23 heavy (non-hydrogen) atoms. The molecule has 0 amide bonds. The summed E-state index contributed by atoms with van der Waals surface area (Å²) in [6, 6.07) is 15.7. The van der Waals surface area contributed by atoms with Crippen LogP contribution in [0.4, 0.5) is 0 Å². The quantitative estimate of drug-likeness (QED) is 0.742. The van der Waals surface area contributed by atoms with Gasteiger partial charge in [0, 0.05) is 18.4 Å². The third-order valence-electron chi connectivity index (χ3n) is 3.07. The Morgan fingerprint density at radius 2 is 1.74 bits per heavy atom. The highest BCUT2D eigenvalue weighted by atomic mass is 32.2. The molecule has 4 heteroatoms.